The molecule has 13 heavy (non-hydrogen) atoms. The fraction of sp³-hybridized carbons (Fsp3) is 1.00. The molecule has 0 aliphatic carbocycles. The Morgan fingerprint density at radius 3 is 1.62 bits per heavy atom. The van der Waals surface area contributed by atoms with Crippen LogP contribution in [-0.2, 0) is 5.11 Å². The summed E-state index contributed by atoms with van der Waals surface area (Å²) in [6.07, 6.45) is 2.95. The van der Waals surface area contributed by atoms with Crippen LogP contribution in [0.4, 0.5) is 0 Å². The van der Waals surface area contributed by atoms with E-state index in [0.29, 0.717) is 5.92 Å². The molecule has 0 saturated carbocycles. The van der Waals surface area contributed by atoms with Crippen molar-refractivity contribution in [3.05, 3.63) is 0 Å². The molecule has 0 fully saturated rings. The molecule has 0 amide bonds. The van der Waals surface area contributed by atoms with E-state index in [0.717, 1.165) is 18.3 Å². The summed E-state index contributed by atoms with van der Waals surface area (Å²) in [4.78, 5) is 0. The molecule has 1 heteroatoms. The molecule has 0 saturated heterocycles. The van der Waals surface area contributed by atoms with Crippen molar-refractivity contribution in [2.75, 3.05) is 0 Å². The first-order valence-electron chi connectivity index (χ1n) is 5.57. The van der Waals surface area contributed by atoms with Gasteiger partial charge in [-0.1, -0.05) is 27.7 Å². The molecule has 0 aromatic carbocycles. The molecular formula is C12H25O. The largest absolute Gasteiger partial charge is 0.233 e. The van der Waals surface area contributed by atoms with E-state index in [9.17, 15) is 5.11 Å². The third-order valence-electron chi connectivity index (χ3n) is 2.41. The van der Waals surface area contributed by atoms with Crippen LogP contribution in [-0.4, -0.2) is 6.10 Å². The van der Waals surface area contributed by atoms with E-state index in [1.54, 1.807) is 6.92 Å². The lowest BCUT2D eigenvalue weighted by Crippen LogP contribution is -2.10. The molecule has 0 N–H and O–H groups in total. The van der Waals surface area contributed by atoms with Crippen LogP contribution in [0.5, 0.6) is 0 Å². The standard InChI is InChI=1S/C12H25O/c1-9(2)6-10(3)7-11(4)8-12(5)13/h9-12H,6-8H2,1-5H3. The molecule has 0 heterocycles. The predicted octanol–water partition coefficient (Wildman–Crippen LogP) is 3.90. The van der Waals surface area contributed by atoms with Crippen LogP contribution in [0, 0.1) is 17.8 Å². The van der Waals surface area contributed by atoms with Gasteiger partial charge in [0, 0.05) is 0 Å². The summed E-state index contributed by atoms with van der Waals surface area (Å²) in [5.74, 6) is 2.15. The van der Waals surface area contributed by atoms with E-state index in [1.807, 2.05) is 0 Å². The van der Waals surface area contributed by atoms with Gasteiger partial charge in [0.05, 0.1) is 6.10 Å². The second-order valence-corrected chi connectivity index (χ2v) is 5.12. The van der Waals surface area contributed by atoms with Crippen molar-refractivity contribution in [2.45, 2.75) is 60.0 Å². The van der Waals surface area contributed by atoms with Gasteiger partial charge in [0.15, 0.2) is 0 Å². The maximum atomic E-state index is 10.9. The normalized spacial score (nSPS) is 18.7. The lowest BCUT2D eigenvalue weighted by atomic mass is 9.88. The zero-order valence-corrected chi connectivity index (χ0v) is 9.84. The van der Waals surface area contributed by atoms with Crippen molar-refractivity contribution in [3.8, 4) is 0 Å². The summed E-state index contributed by atoms with van der Waals surface area (Å²) in [7, 11) is 0. The number of hydrogen-bond acceptors (Lipinski definition) is 0. The van der Waals surface area contributed by atoms with Gasteiger partial charge in [-0.2, -0.15) is 0 Å². The second-order valence-electron chi connectivity index (χ2n) is 5.12. The summed E-state index contributed by atoms with van der Waals surface area (Å²) < 4.78 is 0. The monoisotopic (exact) mass is 185 g/mol. The zero-order valence-electron chi connectivity index (χ0n) is 9.84. The summed E-state index contributed by atoms with van der Waals surface area (Å²) >= 11 is 0. The van der Waals surface area contributed by atoms with E-state index in [1.165, 1.54) is 12.8 Å². The number of rotatable bonds is 6. The third kappa shape index (κ3) is 8.29. The first kappa shape index (κ1) is 13.0. The van der Waals surface area contributed by atoms with E-state index in [4.69, 9.17) is 0 Å². The van der Waals surface area contributed by atoms with Crippen LogP contribution < -0.4 is 0 Å². The molecule has 0 aromatic heterocycles. The van der Waals surface area contributed by atoms with Gasteiger partial charge >= 0.3 is 0 Å². The van der Waals surface area contributed by atoms with Crippen molar-refractivity contribution in [2.24, 2.45) is 17.8 Å². The summed E-state index contributed by atoms with van der Waals surface area (Å²) in [6, 6.07) is 0. The first-order valence-corrected chi connectivity index (χ1v) is 5.57. The summed E-state index contributed by atoms with van der Waals surface area (Å²) in [5.41, 5.74) is 0. The molecule has 1 radical (unpaired) electrons. The molecule has 1 nitrogen and oxygen atoms in total. The lowest BCUT2D eigenvalue weighted by molar-refractivity contribution is 0.0799. The van der Waals surface area contributed by atoms with Gasteiger partial charge in [0.25, 0.3) is 0 Å². The molecule has 79 valence electrons. The van der Waals surface area contributed by atoms with Crippen LogP contribution in [0.15, 0.2) is 0 Å². The quantitative estimate of drug-likeness (QED) is 0.598. The Balaban J connectivity index is 3.58. The lowest BCUT2D eigenvalue weighted by Gasteiger charge is -2.19. The molecule has 0 aromatic rings. The molecule has 3 atom stereocenters. The molecule has 3 unspecified atom stereocenters. The maximum absolute atomic E-state index is 10.9. The average molecular weight is 185 g/mol. The van der Waals surface area contributed by atoms with E-state index in [-0.39, 0.29) is 6.10 Å². The van der Waals surface area contributed by atoms with Gasteiger partial charge < -0.3 is 0 Å². The minimum atomic E-state index is -0.388. The smallest absolute Gasteiger partial charge is 0.0904 e. The highest BCUT2D eigenvalue weighted by Crippen LogP contribution is 2.22. The van der Waals surface area contributed by atoms with Crippen molar-refractivity contribution < 1.29 is 5.11 Å². The Morgan fingerprint density at radius 2 is 1.23 bits per heavy atom. The molecule has 0 aliphatic rings. The SMILES string of the molecule is CC(C)CC(C)CC(C)CC(C)[O]. The van der Waals surface area contributed by atoms with Crippen LogP contribution >= 0.6 is 0 Å². The van der Waals surface area contributed by atoms with Crippen LogP contribution in [0.25, 0.3) is 0 Å². The summed E-state index contributed by atoms with van der Waals surface area (Å²) in [5, 5.41) is 10.9. The van der Waals surface area contributed by atoms with Gasteiger partial charge in [-0.25, -0.2) is 5.11 Å². The van der Waals surface area contributed by atoms with Crippen LogP contribution in [0.3, 0.4) is 0 Å². The van der Waals surface area contributed by atoms with E-state index in [2.05, 4.69) is 27.7 Å². The summed E-state index contributed by atoms with van der Waals surface area (Å²) in [6.45, 7) is 10.8. The Morgan fingerprint density at radius 1 is 0.769 bits per heavy atom. The average Bonchev–Trinajstić information content (AvgIpc) is 1.80. The van der Waals surface area contributed by atoms with Crippen LogP contribution in [0.1, 0.15) is 53.9 Å². The van der Waals surface area contributed by atoms with Crippen molar-refractivity contribution >= 4 is 0 Å². The Bertz CT molecular complexity index is 104. The van der Waals surface area contributed by atoms with Gasteiger partial charge in [-0.05, 0) is 43.9 Å². The molecular weight excluding hydrogens is 160 g/mol. The molecule has 0 aliphatic heterocycles. The highest BCUT2D eigenvalue weighted by atomic mass is 16.3. The zero-order chi connectivity index (χ0) is 10.4. The van der Waals surface area contributed by atoms with Gasteiger partial charge in [-0.3, -0.25) is 0 Å². The molecule has 0 spiro atoms. The van der Waals surface area contributed by atoms with Gasteiger partial charge in [0.2, 0.25) is 0 Å². The molecule has 0 bridgehead atoms. The van der Waals surface area contributed by atoms with Crippen molar-refractivity contribution in [1.29, 1.82) is 0 Å². The highest BCUT2D eigenvalue weighted by molar-refractivity contribution is 4.63. The minimum Gasteiger partial charge on any atom is -0.233 e. The Hall–Kier alpha value is -0.0400. The number of hydrogen-bond donors (Lipinski definition) is 0. The van der Waals surface area contributed by atoms with Crippen LogP contribution in [0.2, 0.25) is 0 Å². The Kier molecular flexibility index (Phi) is 6.40. The first-order chi connectivity index (χ1) is 5.91. The Labute approximate surface area is 83.5 Å². The topological polar surface area (TPSA) is 19.9 Å². The second kappa shape index (κ2) is 6.42. The van der Waals surface area contributed by atoms with Gasteiger partial charge in [0.1, 0.15) is 0 Å². The van der Waals surface area contributed by atoms with Crippen molar-refractivity contribution in [3.63, 3.8) is 0 Å². The van der Waals surface area contributed by atoms with Gasteiger partial charge in [-0.15, -0.1) is 0 Å². The fourth-order valence-electron chi connectivity index (χ4n) is 2.25. The van der Waals surface area contributed by atoms with Crippen molar-refractivity contribution in [1.82, 2.24) is 0 Å². The molecule has 0 rings (SSSR count). The van der Waals surface area contributed by atoms with E-state index < -0.39 is 0 Å². The predicted molar refractivity (Wildman–Crippen MR) is 57.2 cm³/mol. The van der Waals surface area contributed by atoms with E-state index >= 15 is 0 Å². The third-order valence-corrected chi connectivity index (χ3v) is 2.41. The highest BCUT2D eigenvalue weighted by Gasteiger charge is 2.12. The maximum Gasteiger partial charge on any atom is 0.0904 e. The minimum absolute atomic E-state index is 0.388. The fourth-order valence-corrected chi connectivity index (χ4v) is 2.25.